The Kier molecular flexibility index (Phi) is 4.69. The molecule has 0 aromatic carbocycles. The highest BCUT2D eigenvalue weighted by Crippen LogP contribution is 2.19. The molecule has 96 valence electrons. The molecule has 0 amide bonds. The largest absolute Gasteiger partial charge is 0.255 e. The molecule has 0 unspecified atom stereocenters. The predicted molar refractivity (Wildman–Crippen MR) is 76.9 cm³/mol. The van der Waals surface area contributed by atoms with Crippen LogP contribution in [0, 0.1) is 13.8 Å². The summed E-state index contributed by atoms with van der Waals surface area (Å²) in [7, 11) is 0. The Morgan fingerprint density at radius 3 is 2.42 bits per heavy atom. The number of pyridine rings is 2. The van der Waals surface area contributed by atoms with Gasteiger partial charge in [-0.1, -0.05) is 10.6 Å². The van der Waals surface area contributed by atoms with Gasteiger partial charge in [-0.3, -0.25) is 9.97 Å². The second-order valence-corrected chi connectivity index (χ2v) is 4.55. The standard InChI is InChI=1S/C12H12N2.C2H2N2S/c1-9-6-8-14-12(10(9)2)11-5-3-4-7-13-11;1-2-5-4-3-1/h3-8H,1-2H3;1-2H. The third-order valence-corrected chi connectivity index (χ3v) is 3.10. The summed E-state index contributed by atoms with van der Waals surface area (Å²) in [6, 6.07) is 7.89. The van der Waals surface area contributed by atoms with Crippen molar-refractivity contribution in [2.45, 2.75) is 13.8 Å². The van der Waals surface area contributed by atoms with Crippen LogP contribution in [0.5, 0.6) is 0 Å². The van der Waals surface area contributed by atoms with E-state index in [1.54, 1.807) is 12.4 Å². The van der Waals surface area contributed by atoms with Gasteiger partial charge < -0.3 is 0 Å². The minimum Gasteiger partial charge on any atom is -0.255 e. The van der Waals surface area contributed by atoms with Crippen LogP contribution in [0.15, 0.2) is 48.2 Å². The normalized spacial score (nSPS) is 9.58. The molecule has 0 radical (unpaired) electrons. The molecule has 0 atom stereocenters. The predicted octanol–water partition coefficient (Wildman–Crippen LogP) is 3.30. The van der Waals surface area contributed by atoms with Crippen LogP contribution >= 0.6 is 11.5 Å². The summed E-state index contributed by atoms with van der Waals surface area (Å²) in [6.45, 7) is 4.16. The molecule has 4 nitrogen and oxygen atoms in total. The zero-order chi connectivity index (χ0) is 13.5. The van der Waals surface area contributed by atoms with E-state index in [-0.39, 0.29) is 0 Å². The van der Waals surface area contributed by atoms with Crippen LogP contribution in [0.2, 0.25) is 0 Å². The Morgan fingerprint density at radius 1 is 0.947 bits per heavy atom. The van der Waals surface area contributed by atoms with Gasteiger partial charge in [0.15, 0.2) is 0 Å². The van der Waals surface area contributed by atoms with E-state index >= 15 is 0 Å². The zero-order valence-electron chi connectivity index (χ0n) is 10.8. The molecule has 0 fully saturated rings. The molecular formula is C14H14N4S. The molecule has 0 saturated heterocycles. The van der Waals surface area contributed by atoms with Gasteiger partial charge in [0.05, 0.1) is 17.6 Å². The molecular weight excluding hydrogens is 256 g/mol. The van der Waals surface area contributed by atoms with E-state index in [2.05, 4.69) is 33.4 Å². The lowest BCUT2D eigenvalue weighted by molar-refractivity contribution is 1.16. The lowest BCUT2D eigenvalue weighted by atomic mass is 10.1. The van der Waals surface area contributed by atoms with Gasteiger partial charge in [-0.15, -0.1) is 5.10 Å². The molecule has 0 spiro atoms. The number of aryl methyl sites for hydroxylation is 1. The van der Waals surface area contributed by atoms with Gasteiger partial charge in [-0.2, -0.15) is 0 Å². The molecule has 19 heavy (non-hydrogen) atoms. The van der Waals surface area contributed by atoms with E-state index < -0.39 is 0 Å². The number of hydrogen-bond donors (Lipinski definition) is 0. The lowest BCUT2D eigenvalue weighted by Gasteiger charge is -2.05. The second-order valence-electron chi connectivity index (χ2n) is 3.90. The SMILES string of the molecule is Cc1ccnc(-c2ccccn2)c1C.c1csnn1. The lowest BCUT2D eigenvalue weighted by Crippen LogP contribution is -1.92. The van der Waals surface area contributed by atoms with E-state index in [1.807, 2.05) is 35.8 Å². The first-order valence-electron chi connectivity index (χ1n) is 5.83. The van der Waals surface area contributed by atoms with Crippen molar-refractivity contribution in [1.29, 1.82) is 0 Å². The fourth-order valence-corrected chi connectivity index (χ4v) is 1.80. The summed E-state index contributed by atoms with van der Waals surface area (Å²) in [4.78, 5) is 8.64. The van der Waals surface area contributed by atoms with Crippen LogP contribution in [0.25, 0.3) is 11.4 Å². The molecule has 0 saturated carbocycles. The van der Waals surface area contributed by atoms with Crippen molar-refractivity contribution in [2.24, 2.45) is 0 Å². The first-order valence-corrected chi connectivity index (χ1v) is 6.67. The van der Waals surface area contributed by atoms with Crippen molar-refractivity contribution >= 4 is 11.5 Å². The molecule has 5 heteroatoms. The molecule has 3 aromatic heterocycles. The molecule has 0 N–H and O–H groups in total. The number of aromatic nitrogens is 4. The average Bonchev–Trinajstić information content (AvgIpc) is 3.02. The van der Waals surface area contributed by atoms with E-state index in [0.29, 0.717) is 0 Å². The second kappa shape index (κ2) is 6.70. The van der Waals surface area contributed by atoms with Gasteiger partial charge in [-0.25, -0.2) is 0 Å². The van der Waals surface area contributed by atoms with Crippen molar-refractivity contribution in [1.82, 2.24) is 19.6 Å². The van der Waals surface area contributed by atoms with Gasteiger partial charge in [-0.05, 0) is 54.7 Å². The quantitative estimate of drug-likeness (QED) is 0.681. The monoisotopic (exact) mass is 270 g/mol. The maximum absolute atomic E-state index is 4.35. The summed E-state index contributed by atoms with van der Waals surface area (Å²) in [5.74, 6) is 0. The maximum atomic E-state index is 4.35. The Hall–Kier alpha value is -2.14. The van der Waals surface area contributed by atoms with Gasteiger partial charge in [0.2, 0.25) is 0 Å². The van der Waals surface area contributed by atoms with E-state index in [4.69, 9.17) is 0 Å². The summed E-state index contributed by atoms with van der Waals surface area (Å²) < 4.78 is 3.51. The average molecular weight is 270 g/mol. The van der Waals surface area contributed by atoms with E-state index in [1.165, 1.54) is 22.7 Å². The highest BCUT2D eigenvalue weighted by molar-refractivity contribution is 7.03. The molecule has 3 rings (SSSR count). The Bertz CT molecular complexity index is 591. The molecule has 3 heterocycles. The number of rotatable bonds is 1. The van der Waals surface area contributed by atoms with E-state index in [0.717, 1.165) is 11.4 Å². The van der Waals surface area contributed by atoms with Crippen molar-refractivity contribution in [3.8, 4) is 11.4 Å². The minimum atomic E-state index is 0.939. The van der Waals surface area contributed by atoms with Crippen LogP contribution in [-0.2, 0) is 0 Å². The Morgan fingerprint density at radius 2 is 1.84 bits per heavy atom. The van der Waals surface area contributed by atoms with Crippen LogP contribution in [0.1, 0.15) is 11.1 Å². The third kappa shape index (κ3) is 3.66. The fraction of sp³-hybridized carbons (Fsp3) is 0.143. The Labute approximate surface area is 116 Å². The zero-order valence-corrected chi connectivity index (χ0v) is 11.6. The first kappa shape index (κ1) is 13.3. The van der Waals surface area contributed by atoms with Gasteiger partial charge in [0.1, 0.15) is 0 Å². The smallest absolute Gasteiger partial charge is 0.0917 e. The molecule has 0 bridgehead atoms. The number of hydrogen-bond acceptors (Lipinski definition) is 5. The fourth-order valence-electron chi connectivity index (χ4n) is 1.53. The van der Waals surface area contributed by atoms with Crippen LogP contribution in [0.3, 0.4) is 0 Å². The topological polar surface area (TPSA) is 51.6 Å². The van der Waals surface area contributed by atoms with Crippen molar-refractivity contribution < 1.29 is 0 Å². The van der Waals surface area contributed by atoms with Crippen molar-refractivity contribution in [3.63, 3.8) is 0 Å². The molecule has 0 aliphatic carbocycles. The van der Waals surface area contributed by atoms with Crippen molar-refractivity contribution in [2.75, 3.05) is 0 Å². The van der Waals surface area contributed by atoms with Gasteiger partial charge in [0, 0.05) is 17.8 Å². The van der Waals surface area contributed by atoms with E-state index in [9.17, 15) is 0 Å². The van der Waals surface area contributed by atoms with Gasteiger partial charge in [0.25, 0.3) is 0 Å². The molecule has 0 aliphatic heterocycles. The minimum absolute atomic E-state index is 0.939. The Balaban J connectivity index is 0.000000224. The summed E-state index contributed by atoms with van der Waals surface area (Å²) >= 11 is 1.35. The van der Waals surface area contributed by atoms with Crippen LogP contribution in [-0.4, -0.2) is 19.6 Å². The highest BCUT2D eigenvalue weighted by atomic mass is 32.1. The van der Waals surface area contributed by atoms with Crippen molar-refractivity contribution in [3.05, 3.63) is 59.4 Å². The summed E-state index contributed by atoms with van der Waals surface area (Å²) in [5.41, 5.74) is 4.37. The maximum Gasteiger partial charge on any atom is 0.0917 e. The van der Waals surface area contributed by atoms with Crippen LogP contribution < -0.4 is 0 Å². The molecule has 3 aromatic rings. The van der Waals surface area contributed by atoms with Gasteiger partial charge >= 0.3 is 0 Å². The highest BCUT2D eigenvalue weighted by Gasteiger charge is 2.04. The first-order chi connectivity index (χ1) is 9.29. The molecule has 0 aliphatic rings. The summed E-state index contributed by atoms with van der Waals surface area (Å²) in [5, 5.41) is 5.31. The van der Waals surface area contributed by atoms with Crippen LogP contribution in [0.4, 0.5) is 0 Å². The number of nitrogens with zero attached hydrogens (tertiary/aromatic N) is 4. The summed E-state index contributed by atoms with van der Waals surface area (Å²) in [6.07, 6.45) is 5.27. The third-order valence-electron chi connectivity index (χ3n) is 2.67.